The average molecular weight is 864 g/mol. The zero-order valence-corrected chi connectivity index (χ0v) is 38.2. The number of carbonyl (C=O) groups is 3. The molecule has 0 aromatic carbocycles. The Morgan fingerprint density at radius 1 is 0.533 bits per heavy atom. The molecular weight excluding hydrogens is 781 g/mol. The molecule has 0 aliphatic heterocycles. The largest absolute Gasteiger partial charge is 0.480 e. The number of allylic oxidation sites excluding steroid dienone is 12. The van der Waals surface area contributed by atoms with E-state index in [9.17, 15) is 23.8 Å². The van der Waals surface area contributed by atoms with E-state index in [2.05, 4.69) is 79.1 Å². The minimum Gasteiger partial charge on any atom is -0.480 e. The molecule has 0 aromatic rings. The summed E-state index contributed by atoms with van der Waals surface area (Å²) in [6.45, 7) is 2.63. The lowest BCUT2D eigenvalue weighted by atomic mass is 10.1. The highest BCUT2D eigenvalue weighted by Crippen LogP contribution is 2.43. The van der Waals surface area contributed by atoms with Gasteiger partial charge in [-0.2, -0.15) is 0 Å². The number of hydrogen-bond donors (Lipinski definition) is 3. The van der Waals surface area contributed by atoms with Gasteiger partial charge in [0.05, 0.1) is 13.2 Å². The van der Waals surface area contributed by atoms with Crippen molar-refractivity contribution in [2.45, 2.75) is 193 Å². The Bertz CT molecular complexity index is 1290. The maximum Gasteiger partial charge on any atom is 0.472 e. The van der Waals surface area contributed by atoms with E-state index in [4.69, 9.17) is 24.8 Å². The van der Waals surface area contributed by atoms with Gasteiger partial charge in [-0.1, -0.05) is 164 Å². The molecule has 0 saturated heterocycles. The molecule has 0 radical (unpaired) electrons. The molecule has 0 aromatic heterocycles. The van der Waals surface area contributed by atoms with E-state index in [0.717, 1.165) is 51.4 Å². The molecular formula is C48H82NO10P. The lowest BCUT2D eigenvalue weighted by Gasteiger charge is -2.20. The molecule has 0 aliphatic rings. The summed E-state index contributed by atoms with van der Waals surface area (Å²) in [7, 11) is -4.73. The fraction of sp³-hybridized carbons (Fsp3) is 0.688. The summed E-state index contributed by atoms with van der Waals surface area (Å²) < 4.78 is 32.7. The lowest BCUT2D eigenvalue weighted by molar-refractivity contribution is -0.161. The number of hydrogen-bond acceptors (Lipinski definition) is 9. The van der Waals surface area contributed by atoms with Crippen molar-refractivity contribution in [3.8, 4) is 0 Å². The van der Waals surface area contributed by atoms with Crippen LogP contribution in [0.25, 0.3) is 0 Å². The third kappa shape index (κ3) is 41.6. The monoisotopic (exact) mass is 864 g/mol. The van der Waals surface area contributed by atoms with Crippen molar-refractivity contribution < 1.29 is 47.5 Å². The van der Waals surface area contributed by atoms with Gasteiger partial charge in [0.15, 0.2) is 6.10 Å². The number of unbranched alkanes of at least 4 members (excludes halogenated alkanes) is 16. The van der Waals surface area contributed by atoms with E-state index < -0.39 is 51.1 Å². The zero-order chi connectivity index (χ0) is 44.2. The van der Waals surface area contributed by atoms with Gasteiger partial charge < -0.3 is 25.2 Å². The maximum atomic E-state index is 12.7. The smallest absolute Gasteiger partial charge is 0.472 e. The second kappa shape index (κ2) is 42.6. The van der Waals surface area contributed by atoms with Crippen LogP contribution in [0.2, 0.25) is 0 Å². The van der Waals surface area contributed by atoms with E-state index >= 15 is 0 Å². The van der Waals surface area contributed by atoms with Crippen LogP contribution in [0.15, 0.2) is 72.9 Å². The quantitative estimate of drug-likeness (QED) is 0.0231. The van der Waals surface area contributed by atoms with Crippen molar-refractivity contribution in [2.24, 2.45) is 5.73 Å². The maximum absolute atomic E-state index is 12.7. The molecule has 3 atom stereocenters. The normalized spacial score (nSPS) is 14.3. The number of esters is 2. The topological polar surface area (TPSA) is 172 Å². The Hall–Kier alpha value is -3.08. The molecule has 1 unspecified atom stereocenters. The van der Waals surface area contributed by atoms with E-state index in [1.807, 2.05) is 12.2 Å². The third-order valence-corrected chi connectivity index (χ3v) is 10.4. The summed E-state index contributed by atoms with van der Waals surface area (Å²) in [5, 5.41) is 8.90. The van der Waals surface area contributed by atoms with Crippen LogP contribution >= 0.6 is 7.82 Å². The fourth-order valence-corrected chi connectivity index (χ4v) is 6.64. The van der Waals surface area contributed by atoms with Gasteiger partial charge in [-0.25, -0.2) is 4.57 Å². The van der Waals surface area contributed by atoms with Gasteiger partial charge in [0.2, 0.25) is 0 Å². The Labute approximate surface area is 363 Å². The van der Waals surface area contributed by atoms with E-state index in [1.54, 1.807) is 0 Å². The van der Waals surface area contributed by atoms with E-state index in [0.29, 0.717) is 19.3 Å². The molecule has 0 bridgehead atoms. The van der Waals surface area contributed by atoms with E-state index in [1.165, 1.54) is 83.5 Å². The molecule has 0 amide bonds. The number of carboxylic acid groups (broad SMARTS) is 1. The second-order valence-corrected chi connectivity index (χ2v) is 16.6. The van der Waals surface area contributed by atoms with Crippen LogP contribution in [0.3, 0.4) is 0 Å². The van der Waals surface area contributed by atoms with Crippen LogP contribution in [0.1, 0.15) is 181 Å². The average Bonchev–Trinajstić information content (AvgIpc) is 3.22. The number of nitrogens with two attached hydrogens (primary N) is 1. The fourth-order valence-electron chi connectivity index (χ4n) is 5.86. The molecule has 0 aliphatic carbocycles. The first-order valence-electron chi connectivity index (χ1n) is 23.0. The predicted molar refractivity (Wildman–Crippen MR) is 244 cm³/mol. The number of aliphatic carboxylic acids is 1. The van der Waals surface area contributed by atoms with E-state index in [-0.39, 0.29) is 19.4 Å². The van der Waals surface area contributed by atoms with Crippen molar-refractivity contribution in [1.29, 1.82) is 0 Å². The Kier molecular flexibility index (Phi) is 40.4. The number of carboxylic acids is 1. The van der Waals surface area contributed by atoms with Crippen LogP contribution < -0.4 is 5.73 Å². The van der Waals surface area contributed by atoms with Gasteiger partial charge in [-0.15, -0.1) is 0 Å². The minimum atomic E-state index is -4.73. The van der Waals surface area contributed by atoms with Crippen LogP contribution in [-0.2, 0) is 37.5 Å². The molecule has 4 N–H and O–H groups in total. The summed E-state index contributed by atoms with van der Waals surface area (Å²) in [6.07, 6.45) is 51.1. The molecule has 60 heavy (non-hydrogen) atoms. The highest BCUT2D eigenvalue weighted by Gasteiger charge is 2.28. The summed E-state index contributed by atoms with van der Waals surface area (Å²) >= 11 is 0. The first-order chi connectivity index (χ1) is 29.1. The molecule has 12 heteroatoms. The Morgan fingerprint density at radius 3 is 1.47 bits per heavy atom. The Morgan fingerprint density at radius 2 is 0.950 bits per heavy atom. The first kappa shape index (κ1) is 56.9. The highest BCUT2D eigenvalue weighted by atomic mass is 31.2. The summed E-state index contributed by atoms with van der Waals surface area (Å²) in [4.78, 5) is 46.0. The van der Waals surface area contributed by atoms with Crippen LogP contribution in [0.5, 0.6) is 0 Å². The van der Waals surface area contributed by atoms with Crippen LogP contribution in [0.4, 0.5) is 0 Å². The van der Waals surface area contributed by atoms with Gasteiger partial charge in [-0.3, -0.25) is 23.4 Å². The van der Waals surface area contributed by atoms with Crippen molar-refractivity contribution in [1.82, 2.24) is 0 Å². The van der Waals surface area contributed by atoms with Crippen molar-refractivity contribution in [3.05, 3.63) is 72.9 Å². The van der Waals surface area contributed by atoms with Crippen molar-refractivity contribution >= 4 is 25.7 Å². The number of ether oxygens (including phenoxy) is 2. The van der Waals surface area contributed by atoms with Gasteiger partial charge >= 0.3 is 25.7 Å². The lowest BCUT2D eigenvalue weighted by Crippen LogP contribution is -2.34. The minimum absolute atomic E-state index is 0.140. The molecule has 0 saturated carbocycles. The molecule has 344 valence electrons. The zero-order valence-electron chi connectivity index (χ0n) is 37.3. The summed E-state index contributed by atoms with van der Waals surface area (Å²) in [6, 6.07) is -1.53. The SMILES string of the molecule is CC/C=C\C/C=C\C/C=C\C/C=C\C/C=C\CCCC(=O)OC[C@H](COP(=O)(O)OC[C@H](N)C(=O)O)OC(=O)CCCCCCCCCCC/C=C\CCCCCCCC. The summed E-state index contributed by atoms with van der Waals surface area (Å²) in [5.74, 6) is -2.46. The van der Waals surface area contributed by atoms with Crippen molar-refractivity contribution in [3.63, 3.8) is 0 Å². The van der Waals surface area contributed by atoms with Crippen LogP contribution in [-0.4, -0.2) is 59.9 Å². The summed E-state index contributed by atoms with van der Waals surface area (Å²) in [5.41, 5.74) is 5.34. The number of phosphoric ester groups is 1. The molecule has 0 fully saturated rings. The van der Waals surface area contributed by atoms with Gasteiger partial charge in [0.1, 0.15) is 12.6 Å². The highest BCUT2D eigenvalue weighted by molar-refractivity contribution is 7.47. The van der Waals surface area contributed by atoms with Gasteiger partial charge in [0, 0.05) is 12.8 Å². The predicted octanol–water partition coefficient (Wildman–Crippen LogP) is 12.5. The first-order valence-corrected chi connectivity index (χ1v) is 24.5. The second-order valence-electron chi connectivity index (χ2n) is 15.1. The standard InChI is InChI=1S/C48H82NO10P/c1-3-5-7-9-11-13-15-17-19-21-22-24-26-28-30-32-34-36-38-40-47(51)59-44(42-57-60(54,55)58-43-45(49)48(52)53)41-56-46(50)39-37-35-33-31-29-27-25-23-20-18-16-14-12-10-8-6-4-2/h6,8,12,14,17-20,25,27,31,33,44-45H,3-5,7,9-11,13,15-16,21-24,26,28-30,32,34-43,49H2,1-2H3,(H,52,53)(H,54,55)/b8-6-,14-12-,19-17-,20-18-,27-25-,33-31-/t44-,45+/m1/s1. The molecule has 11 nitrogen and oxygen atoms in total. The number of phosphoric acid groups is 1. The number of carbonyl (C=O) groups excluding carboxylic acids is 2. The van der Waals surface area contributed by atoms with Gasteiger partial charge in [0.25, 0.3) is 0 Å². The Balaban J connectivity index is 4.42. The third-order valence-electron chi connectivity index (χ3n) is 9.44. The van der Waals surface area contributed by atoms with Crippen LogP contribution in [0, 0.1) is 0 Å². The number of rotatable bonds is 42. The molecule has 0 spiro atoms. The molecule has 0 rings (SSSR count). The van der Waals surface area contributed by atoms with Crippen molar-refractivity contribution in [2.75, 3.05) is 19.8 Å². The van der Waals surface area contributed by atoms with Gasteiger partial charge in [-0.05, 0) is 77.0 Å². The molecule has 0 heterocycles.